The van der Waals surface area contributed by atoms with Gasteiger partial charge < -0.3 is 9.73 Å². The van der Waals surface area contributed by atoms with Gasteiger partial charge >= 0.3 is 0 Å². The zero-order valence-electron chi connectivity index (χ0n) is 35.5. The number of furan rings is 1. The fourth-order valence-corrected chi connectivity index (χ4v) is 9.96. The van der Waals surface area contributed by atoms with E-state index in [0.29, 0.717) is 0 Å². The largest absolute Gasteiger partial charge is 0.456 e. The van der Waals surface area contributed by atoms with Gasteiger partial charge in [-0.15, -0.1) is 0 Å². The van der Waals surface area contributed by atoms with Crippen LogP contribution in [0.1, 0.15) is 49.9 Å². The van der Waals surface area contributed by atoms with Gasteiger partial charge in [0.25, 0.3) is 0 Å². The van der Waals surface area contributed by atoms with E-state index in [1.165, 1.54) is 88.7 Å². The second-order valence-corrected chi connectivity index (χ2v) is 17.8. The molecule has 62 heavy (non-hydrogen) atoms. The quantitative estimate of drug-likeness (QED) is 0.188. The fraction of sp³-hybridized carbons (Fsp3) is 0.100. The van der Waals surface area contributed by atoms with Crippen molar-refractivity contribution in [1.82, 2.24) is 0 Å². The van der Waals surface area contributed by atoms with Gasteiger partial charge in [-0.05, 0) is 132 Å². The minimum absolute atomic E-state index is 0.0222. The first-order chi connectivity index (χ1) is 30.2. The molecule has 0 fully saturated rings. The smallest absolute Gasteiger partial charge is 0.135 e. The average Bonchev–Trinajstić information content (AvgIpc) is 3.88. The molecule has 2 heteroatoms. The number of hydrogen-bond acceptors (Lipinski definition) is 2. The molecule has 0 bridgehead atoms. The van der Waals surface area contributed by atoms with Crippen LogP contribution in [0.5, 0.6) is 0 Å². The van der Waals surface area contributed by atoms with Crippen LogP contribution < -0.4 is 5.32 Å². The van der Waals surface area contributed by atoms with Gasteiger partial charge in [-0.25, -0.2) is 0 Å². The topological polar surface area (TPSA) is 25.2 Å². The molecule has 0 unspecified atom stereocenters. The summed E-state index contributed by atoms with van der Waals surface area (Å²) in [7, 11) is 0. The monoisotopic (exact) mass is 797 g/mol. The number of fused-ring (bicyclic) bond motifs is 9. The lowest BCUT2D eigenvalue weighted by molar-refractivity contribution is 0.660. The van der Waals surface area contributed by atoms with Crippen molar-refractivity contribution < 1.29 is 4.42 Å². The van der Waals surface area contributed by atoms with Crippen molar-refractivity contribution in [1.29, 1.82) is 0 Å². The summed E-state index contributed by atoms with van der Waals surface area (Å²) in [6.07, 6.45) is 0. The third-order valence-corrected chi connectivity index (χ3v) is 13.4. The van der Waals surface area contributed by atoms with Crippen LogP contribution in [0, 0.1) is 0 Å². The maximum absolute atomic E-state index is 5.99. The number of benzene rings is 9. The lowest BCUT2D eigenvalue weighted by Crippen LogP contribution is -2.15. The Morgan fingerprint density at radius 3 is 1.44 bits per heavy atom. The van der Waals surface area contributed by atoms with E-state index in [4.69, 9.17) is 4.42 Å². The number of nitrogens with one attached hydrogen (secondary N) is 1. The van der Waals surface area contributed by atoms with Gasteiger partial charge in [-0.3, -0.25) is 0 Å². The van der Waals surface area contributed by atoms with Crippen molar-refractivity contribution >= 4 is 33.3 Å². The SMILES string of the molecule is CC1(C)c2cc(Nc3ccc(-c4ccccc4)cc3)ccc2-c2ccc(-c3ccccc3)cc21.CC1(C)c2ccccc2-c2ccc(-c3ccc4oc5ccccc5c4c3)cc21. The zero-order chi connectivity index (χ0) is 42.0. The first-order valence-corrected chi connectivity index (χ1v) is 21.7. The Balaban J connectivity index is 0.000000142. The number of hydrogen-bond donors (Lipinski definition) is 1. The molecule has 298 valence electrons. The highest BCUT2D eigenvalue weighted by molar-refractivity contribution is 6.06. The van der Waals surface area contributed by atoms with Crippen LogP contribution in [0.2, 0.25) is 0 Å². The van der Waals surface area contributed by atoms with E-state index >= 15 is 0 Å². The van der Waals surface area contributed by atoms with Crippen LogP contribution in [0.25, 0.3) is 77.6 Å². The zero-order valence-corrected chi connectivity index (χ0v) is 35.5. The first kappa shape index (κ1) is 37.6. The number of anilines is 2. The van der Waals surface area contributed by atoms with Crippen LogP contribution >= 0.6 is 0 Å². The molecule has 1 heterocycles. The molecule has 10 aromatic rings. The van der Waals surface area contributed by atoms with Gasteiger partial charge in [-0.1, -0.05) is 179 Å². The minimum atomic E-state index is -0.0513. The molecule has 1 aromatic heterocycles. The second-order valence-electron chi connectivity index (χ2n) is 17.8. The molecule has 2 aliphatic rings. The minimum Gasteiger partial charge on any atom is -0.456 e. The standard InChI is InChI=1S/C33H27N.C27H20O/c1-33(2)31-21-26(24-11-7-4-8-12-24)15-19-29(31)30-20-18-28(22-32(30)33)34-27-16-13-25(14-17-27)23-9-5-3-6-10-23;1-27(2)23-9-5-3-7-19(23)20-13-11-18(16-24(20)27)17-12-14-26-22(15-17)21-8-4-6-10-25(21)28-26/h3-22,34H,1-2H3;3-16H,1-2H3. The summed E-state index contributed by atoms with van der Waals surface area (Å²) in [5, 5.41) is 5.97. The van der Waals surface area contributed by atoms with Crippen molar-refractivity contribution in [2.75, 3.05) is 5.32 Å². The fourth-order valence-electron chi connectivity index (χ4n) is 9.96. The molecule has 1 N–H and O–H groups in total. The van der Waals surface area contributed by atoms with Gasteiger partial charge in [0.15, 0.2) is 0 Å². The summed E-state index contributed by atoms with van der Waals surface area (Å²) in [4.78, 5) is 0. The summed E-state index contributed by atoms with van der Waals surface area (Å²) in [5.41, 5.74) is 22.6. The molecule has 12 rings (SSSR count). The highest BCUT2D eigenvalue weighted by Gasteiger charge is 2.36. The summed E-state index contributed by atoms with van der Waals surface area (Å²) >= 11 is 0. The molecule has 0 spiro atoms. The predicted molar refractivity (Wildman–Crippen MR) is 261 cm³/mol. The molecular weight excluding hydrogens is 751 g/mol. The van der Waals surface area contributed by atoms with Gasteiger partial charge in [0.2, 0.25) is 0 Å². The number of para-hydroxylation sites is 1. The molecular formula is C60H47NO. The van der Waals surface area contributed by atoms with E-state index in [2.05, 4.69) is 227 Å². The Kier molecular flexibility index (Phi) is 8.87. The highest BCUT2D eigenvalue weighted by Crippen LogP contribution is 2.51. The lowest BCUT2D eigenvalue weighted by Gasteiger charge is -2.23. The molecule has 0 saturated heterocycles. The molecule has 0 saturated carbocycles. The summed E-state index contributed by atoms with van der Waals surface area (Å²) < 4.78 is 5.99. The molecule has 9 aromatic carbocycles. The second kappa shape index (κ2) is 14.6. The van der Waals surface area contributed by atoms with Crippen LogP contribution in [0.3, 0.4) is 0 Å². The van der Waals surface area contributed by atoms with Gasteiger partial charge in [-0.2, -0.15) is 0 Å². The summed E-state index contributed by atoms with van der Waals surface area (Å²) in [6.45, 7) is 9.33. The molecule has 2 nitrogen and oxygen atoms in total. The Labute approximate surface area is 364 Å². The van der Waals surface area contributed by atoms with Gasteiger partial charge in [0.1, 0.15) is 11.2 Å². The molecule has 0 atom stereocenters. The van der Waals surface area contributed by atoms with Gasteiger partial charge in [0.05, 0.1) is 0 Å². The predicted octanol–water partition coefficient (Wildman–Crippen LogP) is 16.6. The Morgan fingerprint density at radius 1 is 0.306 bits per heavy atom. The Bertz CT molecular complexity index is 3300. The maximum atomic E-state index is 5.99. The van der Waals surface area contributed by atoms with Crippen LogP contribution in [-0.2, 0) is 10.8 Å². The van der Waals surface area contributed by atoms with Crippen molar-refractivity contribution in [2.24, 2.45) is 0 Å². The van der Waals surface area contributed by atoms with Crippen molar-refractivity contribution in [3.8, 4) is 55.6 Å². The van der Waals surface area contributed by atoms with Gasteiger partial charge in [0, 0.05) is 33.0 Å². The van der Waals surface area contributed by atoms with E-state index in [-0.39, 0.29) is 10.8 Å². The number of rotatable bonds is 5. The van der Waals surface area contributed by atoms with E-state index in [9.17, 15) is 0 Å². The Hall–Kier alpha value is -7.42. The molecule has 0 amide bonds. The van der Waals surface area contributed by atoms with Crippen LogP contribution in [-0.4, -0.2) is 0 Å². The van der Waals surface area contributed by atoms with Crippen LogP contribution in [0.4, 0.5) is 11.4 Å². The van der Waals surface area contributed by atoms with E-state index in [1.54, 1.807) is 0 Å². The summed E-state index contributed by atoms with van der Waals surface area (Å²) in [6, 6.07) is 74.0. The van der Waals surface area contributed by atoms with Crippen molar-refractivity contribution in [2.45, 2.75) is 38.5 Å². The van der Waals surface area contributed by atoms with E-state index in [0.717, 1.165) is 22.5 Å². The molecule has 0 radical (unpaired) electrons. The lowest BCUT2D eigenvalue weighted by atomic mass is 9.81. The highest BCUT2D eigenvalue weighted by atomic mass is 16.3. The molecule has 2 aliphatic carbocycles. The average molecular weight is 798 g/mol. The maximum Gasteiger partial charge on any atom is 0.135 e. The van der Waals surface area contributed by atoms with Crippen LogP contribution in [0.15, 0.2) is 211 Å². The van der Waals surface area contributed by atoms with Crippen molar-refractivity contribution in [3.63, 3.8) is 0 Å². The van der Waals surface area contributed by atoms with E-state index in [1.807, 2.05) is 12.1 Å². The first-order valence-electron chi connectivity index (χ1n) is 21.7. The molecule has 0 aliphatic heterocycles. The Morgan fingerprint density at radius 2 is 0.742 bits per heavy atom. The van der Waals surface area contributed by atoms with Crippen molar-refractivity contribution in [3.05, 3.63) is 229 Å². The third-order valence-electron chi connectivity index (χ3n) is 13.4. The van der Waals surface area contributed by atoms with E-state index < -0.39 is 0 Å². The third kappa shape index (κ3) is 6.34. The normalized spacial score (nSPS) is 13.7. The summed E-state index contributed by atoms with van der Waals surface area (Å²) in [5.74, 6) is 0.